The van der Waals surface area contributed by atoms with Gasteiger partial charge in [0, 0.05) is 114 Å². The van der Waals surface area contributed by atoms with Crippen LogP contribution in [0.25, 0.3) is 165 Å². The molecule has 17 aromatic heterocycles. The highest BCUT2D eigenvalue weighted by molar-refractivity contribution is 9.10. The number of hydrogen-bond acceptors (Lipinski definition) is 18. The van der Waals surface area contributed by atoms with Crippen molar-refractivity contribution in [3.05, 3.63) is 390 Å². The number of fused-ring (bicyclic) bond motifs is 18. The minimum absolute atomic E-state index is 0.0306. The van der Waals surface area contributed by atoms with Crippen molar-refractivity contribution in [2.75, 3.05) is 0 Å². The van der Waals surface area contributed by atoms with Crippen molar-refractivity contribution in [2.24, 2.45) is 0 Å². The third-order valence-electron chi connectivity index (χ3n) is 22.3. The van der Waals surface area contributed by atoms with Crippen LogP contribution in [0.1, 0.15) is 45.0 Å². The molecule has 0 saturated carbocycles. The molecule has 24 aromatic rings. The molecule has 0 fully saturated rings. The summed E-state index contributed by atoms with van der Waals surface area (Å²) >= 11 is 12.8. The molecule has 0 saturated heterocycles. The molecule has 33 heteroatoms. The topological polar surface area (TPSA) is 389 Å². The Balaban J connectivity index is 0.000000102. The summed E-state index contributed by atoms with van der Waals surface area (Å²) in [4.78, 5) is 123. The van der Waals surface area contributed by atoms with Crippen LogP contribution in [0.5, 0.6) is 0 Å². The van der Waals surface area contributed by atoms with E-state index < -0.39 is 0 Å². The number of hydrogen-bond donors (Lipinski definition) is 7. The van der Waals surface area contributed by atoms with Crippen LogP contribution >= 0.6 is 43.5 Å². The number of aliphatic hydroxyl groups is 1. The van der Waals surface area contributed by atoms with Gasteiger partial charge in [0.25, 0.3) is 33.4 Å². The summed E-state index contributed by atoms with van der Waals surface area (Å²) in [6.07, 6.45) is 18.0. The molecule has 7 aromatic carbocycles. The Hall–Kier alpha value is -16.4. The fourth-order valence-corrected chi connectivity index (χ4v) is 16.6. The normalized spacial score (nSPS) is 11.4. The number of benzene rings is 7. The molecule has 0 spiro atoms. The highest BCUT2D eigenvalue weighted by atomic mass is 79.9. The molecule has 0 radical (unpaired) electrons. The molecule has 30 nitrogen and oxygen atoms in total. The van der Waals surface area contributed by atoms with Crippen molar-refractivity contribution in [1.82, 2.24) is 114 Å². The molecule has 0 bridgehead atoms. The SMILES string of the molecule is Cc1cc(-n2[nH]c3c(cnc4cc(Br)ccc43)c2=O)ccn1.Cc1ccc(-n2[nH]c3c(cnc4cc(Br)ccc43)c2=O)cn1.Cc1ccc2c(c1)ncc1c(=O)n(-c3ccnc(C)c3)[nH]c12.Cc1cccc(-n2[nH]c3c(cnc4cnc(C)cc43)c2=O)c1.Cc1cccc(-n2[nH]c3c(cnc4cnc(Cl)cc43)c2=O)c1.O=c1c2cnc3cc(CO)ccc3c2[nH]n1-c1ccccc1. The summed E-state index contributed by atoms with van der Waals surface area (Å²) < 4.78 is 11.1. The fraction of sp³-hybridized carbons (Fsp3) is 0.0808. The number of aromatic nitrogens is 23. The molecule has 648 valence electrons. The van der Waals surface area contributed by atoms with E-state index in [1.54, 1.807) is 89.7 Å². The first kappa shape index (κ1) is 85.0. The number of rotatable bonds is 7. The molecule has 0 atom stereocenters. The van der Waals surface area contributed by atoms with Crippen LogP contribution in [0.15, 0.2) is 306 Å². The molecule has 0 aliphatic heterocycles. The summed E-state index contributed by atoms with van der Waals surface area (Å²) in [6, 6.07) is 62.9. The van der Waals surface area contributed by atoms with Gasteiger partial charge in [-0.1, -0.05) is 110 Å². The number of halogens is 3. The average Bonchev–Trinajstić information content (AvgIpc) is 1.67. The molecular formula is C99H74Br2ClN23O7. The van der Waals surface area contributed by atoms with Crippen LogP contribution < -0.4 is 33.4 Å². The van der Waals surface area contributed by atoms with E-state index >= 15 is 0 Å². The van der Waals surface area contributed by atoms with E-state index in [0.717, 1.165) is 170 Å². The number of aromatic amines is 6. The second-order valence-electron chi connectivity index (χ2n) is 31.5. The smallest absolute Gasteiger partial charge is 0.280 e. The highest BCUT2D eigenvalue weighted by Crippen LogP contribution is 2.31. The fourth-order valence-electron chi connectivity index (χ4n) is 15.8. The zero-order chi connectivity index (χ0) is 91.4. The number of nitrogens with one attached hydrogen (secondary N) is 6. The van der Waals surface area contributed by atoms with Crippen LogP contribution in [0.3, 0.4) is 0 Å². The van der Waals surface area contributed by atoms with Crippen molar-refractivity contribution >= 4 is 174 Å². The Morgan fingerprint density at radius 3 is 1.04 bits per heavy atom. The zero-order valence-electron chi connectivity index (χ0n) is 71.2. The summed E-state index contributed by atoms with van der Waals surface area (Å²) in [6.45, 7) is 13.6. The van der Waals surface area contributed by atoms with E-state index in [-0.39, 0.29) is 40.0 Å². The van der Waals surface area contributed by atoms with Crippen molar-refractivity contribution in [3.8, 4) is 34.1 Å². The molecule has 17 heterocycles. The lowest BCUT2D eigenvalue weighted by Crippen LogP contribution is -2.14. The summed E-state index contributed by atoms with van der Waals surface area (Å²) in [5.41, 5.74) is 21.0. The van der Waals surface area contributed by atoms with Gasteiger partial charge in [-0.15, -0.1) is 0 Å². The van der Waals surface area contributed by atoms with E-state index in [1.165, 1.54) is 18.7 Å². The van der Waals surface area contributed by atoms with Gasteiger partial charge < -0.3 is 5.11 Å². The molecule has 132 heavy (non-hydrogen) atoms. The Morgan fingerprint density at radius 1 is 0.265 bits per heavy atom. The van der Waals surface area contributed by atoms with E-state index in [1.807, 2.05) is 237 Å². The van der Waals surface area contributed by atoms with Gasteiger partial charge in [-0.3, -0.25) is 109 Å². The first-order valence-corrected chi connectivity index (χ1v) is 43.3. The van der Waals surface area contributed by atoms with Gasteiger partial charge in [-0.25, -0.2) is 33.1 Å². The van der Waals surface area contributed by atoms with Crippen LogP contribution in [0.4, 0.5) is 0 Å². The predicted molar refractivity (Wildman–Crippen MR) is 524 cm³/mol. The maximum Gasteiger partial charge on any atom is 0.280 e. The van der Waals surface area contributed by atoms with Crippen molar-refractivity contribution in [3.63, 3.8) is 0 Å². The van der Waals surface area contributed by atoms with Gasteiger partial charge in [-0.05, 0) is 204 Å². The number of aryl methyl sites for hydroxylation is 7. The van der Waals surface area contributed by atoms with Crippen LogP contribution in [0.2, 0.25) is 5.15 Å². The average molecular weight is 1890 g/mol. The second-order valence-corrected chi connectivity index (χ2v) is 33.7. The molecule has 0 unspecified atom stereocenters. The number of aliphatic hydroxyl groups excluding tert-OH is 1. The number of para-hydroxylation sites is 1. The van der Waals surface area contributed by atoms with Crippen molar-refractivity contribution < 1.29 is 5.11 Å². The van der Waals surface area contributed by atoms with Gasteiger partial charge in [-0.2, -0.15) is 0 Å². The molecule has 0 aliphatic rings. The lowest BCUT2D eigenvalue weighted by atomic mass is 10.1. The first-order valence-electron chi connectivity index (χ1n) is 41.4. The maximum absolute atomic E-state index is 12.6. The van der Waals surface area contributed by atoms with Crippen LogP contribution in [-0.2, 0) is 6.61 Å². The lowest BCUT2D eigenvalue weighted by molar-refractivity contribution is 0.282. The molecular weight excluding hydrogens is 1820 g/mol. The standard InChI is InChI=1S/2C17H14N4O.C17H13N3O2.2C16H11BrN4O.C16H11ClN4O/c1-10-3-4-13-15(7-10)19-9-14-16(13)20-21(17(14)22)12-5-6-18-11(2)8-12;1-10-4-3-5-12(6-10)21-17(22)14-8-19-15-9-18-11(2)7-13(15)16(14)20-21;21-10-11-6-7-13-15(8-11)18-9-14-16(13)19-20(17(14)22)12-4-2-1-3-5-12;1-9-2-4-11(7-18-9)21-16(22)13-8-19-14-6-10(17)3-5-12(14)15(13)20-21;1-9-6-11(4-5-18-9)21-16(22)13-8-19-14-7-10(17)2-3-12(14)15(13)20-21;1-9-3-2-4-10(5-9)21-16(22)12-7-18-13-8-19-14(17)6-11(13)15(12)20-21/h2*3-9,20H,1-2H3;1-9,19,21H,10H2;3*2-8,20H,1H3. The van der Waals surface area contributed by atoms with Gasteiger partial charge >= 0.3 is 0 Å². The second kappa shape index (κ2) is 35.3. The van der Waals surface area contributed by atoms with Gasteiger partial charge in [0.1, 0.15) is 5.15 Å². The summed E-state index contributed by atoms with van der Waals surface area (Å²) in [7, 11) is 0. The molecule has 0 aliphatic carbocycles. The lowest BCUT2D eigenvalue weighted by Gasteiger charge is -2.02. The number of pyridine rings is 11. The minimum Gasteiger partial charge on any atom is -0.392 e. The highest BCUT2D eigenvalue weighted by Gasteiger charge is 2.21. The van der Waals surface area contributed by atoms with E-state index in [0.29, 0.717) is 54.2 Å². The maximum atomic E-state index is 12.6. The van der Waals surface area contributed by atoms with E-state index in [9.17, 15) is 33.9 Å². The van der Waals surface area contributed by atoms with E-state index in [4.69, 9.17) is 11.6 Å². The van der Waals surface area contributed by atoms with Crippen LogP contribution in [-0.4, -0.2) is 119 Å². The molecule has 7 N–H and O–H groups in total. The summed E-state index contributed by atoms with van der Waals surface area (Å²) in [5.74, 6) is 0. The summed E-state index contributed by atoms with van der Waals surface area (Å²) in [5, 5.41) is 37.4. The Labute approximate surface area is 766 Å². The van der Waals surface area contributed by atoms with Gasteiger partial charge in [0.15, 0.2) is 0 Å². The monoisotopic (exact) mass is 1890 g/mol. The zero-order valence-corrected chi connectivity index (χ0v) is 75.2. The van der Waals surface area contributed by atoms with Gasteiger partial charge in [0.05, 0.1) is 158 Å². The Kier molecular flexibility index (Phi) is 22.8. The third-order valence-corrected chi connectivity index (χ3v) is 23.5. The van der Waals surface area contributed by atoms with Crippen molar-refractivity contribution in [2.45, 2.75) is 55.1 Å². The van der Waals surface area contributed by atoms with E-state index in [2.05, 4.69) is 117 Å². The number of H-pyrrole nitrogens is 6. The molecule has 24 rings (SSSR count). The van der Waals surface area contributed by atoms with Crippen molar-refractivity contribution in [1.29, 1.82) is 0 Å². The predicted octanol–water partition coefficient (Wildman–Crippen LogP) is 18.0. The van der Waals surface area contributed by atoms with Gasteiger partial charge in [0.2, 0.25) is 0 Å². The third kappa shape index (κ3) is 16.5. The quantitative estimate of drug-likeness (QED) is 0.0729. The minimum atomic E-state index is -0.136. The Morgan fingerprint density at radius 2 is 0.614 bits per heavy atom. The number of nitrogens with zero attached hydrogens (tertiary/aromatic N) is 17. The molecule has 0 amide bonds. The first-order chi connectivity index (χ1) is 63.9. The largest absolute Gasteiger partial charge is 0.392 e. The Bertz CT molecular complexity index is 8770. The van der Waals surface area contributed by atoms with Crippen LogP contribution in [0, 0.1) is 48.5 Å².